The summed E-state index contributed by atoms with van der Waals surface area (Å²) in [5, 5.41) is 17.4. The Morgan fingerprint density at radius 3 is 2.63 bits per heavy atom. The average Bonchev–Trinajstić information content (AvgIpc) is 2.97. The average molecular weight is 386 g/mol. The molecular weight excluding hydrogens is 365 g/mol. The first-order valence-electron chi connectivity index (χ1n) is 8.64. The molecule has 0 saturated heterocycles. The van der Waals surface area contributed by atoms with Gasteiger partial charge in [0.25, 0.3) is 0 Å². The summed E-state index contributed by atoms with van der Waals surface area (Å²) >= 11 is 6.54. The van der Waals surface area contributed by atoms with Crippen molar-refractivity contribution in [3.8, 4) is 17.2 Å². The second kappa shape index (κ2) is 6.82. The number of aryl methyl sites for hydroxylation is 1. The van der Waals surface area contributed by atoms with Gasteiger partial charge in [0.2, 0.25) is 0 Å². The fourth-order valence-electron chi connectivity index (χ4n) is 2.75. The number of hydrogen-bond donors (Lipinski definition) is 1. The monoisotopic (exact) mass is 385 g/mol. The number of hydrogen-bond acceptors (Lipinski definition) is 4. The number of nitriles is 1. The van der Waals surface area contributed by atoms with E-state index in [4.69, 9.17) is 11.6 Å². The number of nitrogens with zero attached hydrogens (tertiary/aromatic N) is 4. The van der Waals surface area contributed by atoms with Crippen LogP contribution in [0.25, 0.3) is 16.8 Å². The maximum atomic E-state index is 13.6. The van der Waals surface area contributed by atoms with Crippen LogP contribution in [0.4, 0.5) is 10.2 Å². The predicted molar refractivity (Wildman–Crippen MR) is 105 cm³/mol. The van der Waals surface area contributed by atoms with E-state index < -0.39 is 0 Å². The largest absolute Gasteiger partial charge is 0.366 e. The number of aromatic nitrogens is 3. The Balaban J connectivity index is 2.33. The lowest BCUT2D eigenvalue weighted by molar-refractivity contribution is 0.358. The van der Waals surface area contributed by atoms with Crippen molar-refractivity contribution in [3.63, 3.8) is 0 Å². The molecule has 0 saturated carbocycles. The van der Waals surface area contributed by atoms with Gasteiger partial charge in [-0.1, -0.05) is 38.4 Å². The maximum Gasteiger partial charge on any atom is 0.176 e. The highest BCUT2D eigenvalue weighted by Crippen LogP contribution is 2.38. The molecule has 140 valence electrons. The van der Waals surface area contributed by atoms with Gasteiger partial charge in [-0.3, -0.25) is 0 Å². The Hall–Kier alpha value is -2.65. The molecule has 0 spiro atoms. The molecule has 0 aliphatic carbocycles. The topological polar surface area (TPSA) is 66.0 Å². The fourth-order valence-corrected chi connectivity index (χ4v) is 3.02. The van der Waals surface area contributed by atoms with Gasteiger partial charge in [-0.05, 0) is 42.5 Å². The molecule has 5 nitrogen and oxygen atoms in total. The minimum atomic E-state index is -0.315. The normalized spacial score (nSPS) is 12.8. The number of nitrogens with one attached hydrogen (secondary N) is 1. The van der Waals surface area contributed by atoms with E-state index >= 15 is 0 Å². The number of benzene rings is 1. The second-order valence-electron chi connectivity index (χ2n) is 7.72. The molecule has 27 heavy (non-hydrogen) atoms. The summed E-state index contributed by atoms with van der Waals surface area (Å²) in [7, 11) is 0. The van der Waals surface area contributed by atoms with E-state index in [-0.39, 0.29) is 22.4 Å². The van der Waals surface area contributed by atoms with Gasteiger partial charge >= 0.3 is 0 Å². The third-order valence-corrected chi connectivity index (χ3v) is 5.11. The van der Waals surface area contributed by atoms with Gasteiger partial charge < -0.3 is 5.32 Å². The molecule has 1 N–H and O–H groups in total. The number of halogens is 2. The van der Waals surface area contributed by atoms with E-state index in [2.05, 4.69) is 49.2 Å². The number of anilines is 1. The van der Waals surface area contributed by atoms with Gasteiger partial charge in [0.15, 0.2) is 5.65 Å². The van der Waals surface area contributed by atoms with Crippen LogP contribution in [0.15, 0.2) is 24.4 Å². The van der Waals surface area contributed by atoms with Crippen LogP contribution in [0.2, 0.25) is 5.15 Å². The molecule has 1 unspecified atom stereocenters. The molecule has 0 fully saturated rings. The van der Waals surface area contributed by atoms with Crippen LogP contribution in [-0.2, 0) is 0 Å². The Morgan fingerprint density at radius 2 is 2.04 bits per heavy atom. The van der Waals surface area contributed by atoms with Crippen LogP contribution in [-0.4, -0.2) is 20.6 Å². The van der Waals surface area contributed by atoms with E-state index in [1.807, 2.05) is 6.92 Å². The smallest absolute Gasteiger partial charge is 0.176 e. The molecular formula is C20H21ClFN5. The summed E-state index contributed by atoms with van der Waals surface area (Å²) in [6.07, 6.45) is 1.47. The zero-order valence-electron chi connectivity index (χ0n) is 15.9. The van der Waals surface area contributed by atoms with Gasteiger partial charge in [0, 0.05) is 6.04 Å². The Morgan fingerprint density at radius 1 is 1.33 bits per heavy atom. The molecule has 1 aromatic carbocycles. The lowest BCUT2D eigenvalue weighted by Crippen LogP contribution is -2.32. The van der Waals surface area contributed by atoms with Crippen LogP contribution in [0.1, 0.15) is 38.8 Å². The van der Waals surface area contributed by atoms with Crippen LogP contribution in [0.3, 0.4) is 0 Å². The van der Waals surface area contributed by atoms with Crippen LogP contribution < -0.4 is 5.32 Å². The van der Waals surface area contributed by atoms with Crippen molar-refractivity contribution in [2.24, 2.45) is 5.41 Å². The standard InChI is InChI=1S/C20H21ClFN5/c1-11-8-14(22)6-7-15(11)16-17(21)26-18-13(9-23)10-24-27(18)19(16)25-12(2)20(3,4)5/h6-8,10,12,25H,1-5H3. The summed E-state index contributed by atoms with van der Waals surface area (Å²) in [6, 6.07) is 6.68. The molecule has 0 radical (unpaired) electrons. The number of rotatable bonds is 3. The zero-order valence-corrected chi connectivity index (χ0v) is 16.7. The third-order valence-electron chi connectivity index (χ3n) is 4.83. The van der Waals surface area contributed by atoms with Gasteiger partial charge in [-0.2, -0.15) is 14.9 Å². The Bertz CT molecular complexity index is 1060. The lowest BCUT2D eigenvalue weighted by Gasteiger charge is -2.30. The maximum absolute atomic E-state index is 13.6. The summed E-state index contributed by atoms with van der Waals surface area (Å²) in [6.45, 7) is 10.3. The Labute approximate surface area is 162 Å². The van der Waals surface area contributed by atoms with Crippen molar-refractivity contribution in [1.82, 2.24) is 14.6 Å². The molecule has 3 rings (SSSR count). The summed E-state index contributed by atoms with van der Waals surface area (Å²) in [5.41, 5.74) is 2.80. The minimum absolute atomic E-state index is 0.0393. The van der Waals surface area contributed by atoms with E-state index in [1.54, 1.807) is 10.6 Å². The molecule has 0 aliphatic rings. The van der Waals surface area contributed by atoms with Crippen molar-refractivity contribution in [3.05, 3.63) is 46.5 Å². The molecule has 2 heterocycles. The van der Waals surface area contributed by atoms with Gasteiger partial charge in [0.1, 0.15) is 28.4 Å². The summed E-state index contributed by atoms with van der Waals surface area (Å²) < 4.78 is 15.2. The first kappa shape index (κ1) is 19.1. The molecule has 0 aliphatic heterocycles. The van der Waals surface area contributed by atoms with E-state index in [9.17, 15) is 9.65 Å². The second-order valence-corrected chi connectivity index (χ2v) is 8.08. The van der Waals surface area contributed by atoms with Crippen molar-refractivity contribution < 1.29 is 4.39 Å². The van der Waals surface area contributed by atoms with Gasteiger partial charge in [0.05, 0.1) is 11.8 Å². The molecule has 3 aromatic rings. The summed E-state index contributed by atoms with van der Waals surface area (Å²) in [4.78, 5) is 4.39. The van der Waals surface area contributed by atoms with E-state index in [0.717, 1.165) is 11.1 Å². The molecule has 7 heteroatoms. The minimum Gasteiger partial charge on any atom is -0.366 e. The van der Waals surface area contributed by atoms with Crippen LogP contribution in [0, 0.1) is 29.5 Å². The number of fused-ring (bicyclic) bond motifs is 1. The zero-order chi connectivity index (χ0) is 19.9. The first-order chi connectivity index (χ1) is 12.6. The highest BCUT2D eigenvalue weighted by atomic mass is 35.5. The van der Waals surface area contributed by atoms with Gasteiger partial charge in [-0.15, -0.1) is 0 Å². The van der Waals surface area contributed by atoms with E-state index in [1.165, 1.54) is 18.3 Å². The van der Waals surface area contributed by atoms with Crippen molar-refractivity contribution in [2.45, 2.75) is 40.7 Å². The Kier molecular flexibility index (Phi) is 4.83. The molecule has 2 aromatic heterocycles. The van der Waals surface area contributed by atoms with Crippen molar-refractivity contribution in [1.29, 1.82) is 5.26 Å². The molecule has 0 bridgehead atoms. The van der Waals surface area contributed by atoms with Crippen LogP contribution >= 0.6 is 11.6 Å². The fraction of sp³-hybridized carbons (Fsp3) is 0.350. The summed E-state index contributed by atoms with van der Waals surface area (Å²) in [5.74, 6) is 0.313. The SMILES string of the molecule is Cc1cc(F)ccc1-c1c(Cl)nc2c(C#N)cnn2c1NC(C)C(C)(C)C. The quantitative estimate of drug-likeness (QED) is 0.628. The first-order valence-corrected chi connectivity index (χ1v) is 9.01. The van der Waals surface area contributed by atoms with Crippen molar-refractivity contribution in [2.75, 3.05) is 5.32 Å². The lowest BCUT2D eigenvalue weighted by atomic mass is 9.88. The predicted octanol–water partition coefficient (Wildman–Crippen LogP) is 5.22. The van der Waals surface area contributed by atoms with E-state index in [0.29, 0.717) is 22.6 Å². The highest BCUT2D eigenvalue weighted by molar-refractivity contribution is 6.33. The van der Waals surface area contributed by atoms with Gasteiger partial charge in [-0.25, -0.2) is 9.37 Å². The third kappa shape index (κ3) is 3.47. The van der Waals surface area contributed by atoms with Crippen LogP contribution in [0.5, 0.6) is 0 Å². The van der Waals surface area contributed by atoms with Crippen molar-refractivity contribution >= 4 is 23.1 Å². The molecule has 1 atom stereocenters. The highest BCUT2D eigenvalue weighted by Gasteiger charge is 2.25. The molecule has 0 amide bonds.